The molecular weight excluding hydrogens is 156 g/mol. The van der Waals surface area contributed by atoms with Gasteiger partial charge in [0.1, 0.15) is 0 Å². The number of rotatable bonds is 7. The molecule has 0 aromatic heterocycles. The third kappa shape index (κ3) is 5.29. The van der Waals surface area contributed by atoms with Gasteiger partial charge in [0.15, 0.2) is 0 Å². The second-order valence-corrected chi connectivity index (χ2v) is 2.67. The summed E-state index contributed by atoms with van der Waals surface area (Å²) < 4.78 is 5.04. The van der Waals surface area contributed by atoms with Crippen LogP contribution < -0.4 is 0 Å². The minimum absolute atomic E-state index is 0.0142. The molecule has 0 aromatic rings. The molecule has 3 nitrogen and oxygen atoms in total. The molecule has 0 bridgehead atoms. The zero-order chi connectivity index (χ0) is 9.40. The van der Waals surface area contributed by atoms with Crippen molar-refractivity contribution in [2.45, 2.75) is 13.0 Å². The molecule has 1 radical (unpaired) electrons. The standard InChI is InChI=1S/C9H17O3/c1-3-6-12-7-9(11)8(2)4-5-10/h3-4,8-11H,1,5-7H2,2H3. The zero-order valence-corrected chi connectivity index (χ0v) is 7.44. The summed E-state index contributed by atoms with van der Waals surface area (Å²) in [7, 11) is 0. The first-order valence-corrected chi connectivity index (χ1v) is 4.03. The van der Waals surface area contributed by atoms with Crippen LogP contribution >= 0.6 is 0 Å². The molecule has 3 heteroatoms. The molecule has 0 amide bonds. The highest BCUT2D eigenvalue weighted by molar-refractivity contribution is 4.78. The summed E-state index contributed by atoms with van der Waals surface area (Å²) >= 11 is 0. The molecule has 2 N–H and O–H groups in total. The smallest absolute Gasteiger partial charge is 0.0802 e. The van der Waals surface area contributed by atoms with Gasteiger partial charge in [-0.15, -0.1) is 6.58 Å². The highest BCUT2D eigenvalue weighted by Crippen LogP contribution is 2.06. The number of hydrogen-bond donors (Lipinski definition) is 2. The average Bonchev–Trinajstić information content (AvgIpc) is 2.05. The molecule has 0 aliphatic carbocycles. The van der Waals surface area contributed by atoms with Crippen LogP contribution in [0.2, 0.25) is 0 Å². The lowest BCUT2D eigenvalue weighted by atomic mass is 10.0. The van der Waals surface area contributed by atoms with Gasteiger partial charge in [-0.3, -0.25) is 0 Å². The van der Waals surface area contributed by atoms with Gasteiger partial charge in [0, 0.05) is 6.61 Å². The van der Waals surface area contributed by atoms with E-state index in [1.807, 2.05) is 6.92 Å². The number of ether oxygens (including phenoxy) is 1. The van der Waals surface area contributed by atoms with E-state index in [4.69, 9.17) is 9.84 Å². The molecule has 0 aliphatic heterocycles. The molecule has 71 valence electrons. The molecule has 0 fully saturated rings. The predicted molar refractivity (Wildman–Crippen MR) is 47.6 cm³/mol. The topological polar surface area (TPSA) is 49.7 Å². The van der Waals surface area contributed by atoms with Crippen LogP contribution in [0.25, 0.3) is 0 Å². The summed E-state index contributed by atoms with van der Waals surface area (Å²) in [4.78, 5) is 0. The fraction of sp³-hybridized carbons (Fsp3) is 0.667. The van der Waals surface area contributed by atoms with E-state index in [0.717, 1.165) is 0 Å². The van der Waals surface area contributed by atoms with Crippen molar-refractivity contribution in [2.24, 2.45) is 5.92 Å². The molecule has 0 aromatic carbocycles. The molecule has 2 atom stereocenters. The lowest BCUT2D eigenvalue weighted by Gasteiger charge is -2.16. The van der Waals surface area contributed by atoms with Gasteiger partial charge in [-0.25, -0.2) is 0 Å². The van der Waals surface area contributed by atoms with Crippen LogP contribution in [0.5, 0.6) is 0 Å². The van der Waals surface area contributed by atoms with Gasteiger partial charge in [0.25, 0.3) is 0 Å². The summed E-state index contributed by atoms with van der Waals surface area (Å²) in [6, 6.07) is 0. The van der Waals surface area contributed by atoms with Gasteiger partial charge in [0.2, 0.25) is 0 Å². The monoisotopic (exact) mass is 173 g/mol. The average molecular weight is 173 g/mol. The highest BCUT2D eigenvalue weighted by Gasteiger charge is 2.13. The van der Waals surface area contributed by atoms with Gasteiger partial charge < -0.3 is 14.9 Å². The van der Waals surface area contributed by atoms with Gasteiger partial charge in [0.05, 0.1) is 19.3 Å². The van der Waals surface area contributed by atoms with E-state index in [1.165, 1.54) is 0 Å². The molecule has 0 spiro atoms. The Morgan fingerprint density at radius 3 is 2.75 bits per heavy atom. The Hall–Kier alpha value is -0.380. The van der Waals surface area contributed by atoms with Crippen LogP contribution in [0, 0.1) is 12.3 Å². The van der Waals surface area contributed by atoms with E-state index in [-0.39, 0.29) is 19.1 Å². The van der Waals surface area contributed by atoms with E-state index < -0.39 is 6.10 Å². The van der Waals surface area contributed by atoms with Gasteiger partial charge in [-0.05, 0) is 12.3 Å². The van der Waals surface area contributed by atoms with Crippen LogP contribution in [-0.2, 0) is 4.74 Å². The summed E-state index contributed by atoms with van der Waals surface area (Å²) in [5, 5.41) is 17.9. The van der Waals surface area contributed by atoms with Crippen LogP contribution in [-0.4, -0.2) is 36.1 Å². The van der Waals surface area contributed by atoms with Crippen molar-refractivity contribution in [3.63, 3.8) is 0 Å². The summed E-state index contributed by atoms with van der Waals surface area (Å²) in [6.45, 7) is 6.03. The van der Waals surface area contributed by atoms with Gasteiger partial charge in [-0.1, -0.05) is 13.0 Å². The summed E-state index contributed by atoms with van der Waals surface area (Å²) in [6.07, 6.45) is 2.73. The Morgan fingerprint density at radius 1 is 1.58 bits per heavy atom. The fourth-order valence-electron chi connectivity index (χ4n) is 0.747. The minimum Gasteiger partial charge on any atom is -0.396 e. The van der Waals surface area contributed by atoms with Crippen molar-refractivity contribution >= 4 is 0 Å². The molecular formula is C9H17O3. The first-order valence-electron chi connectivity index (χ1n) is 4.03. The largest absolute Gasteiger partial charge is 0.396 e. The molecule has 12 heavy (non-hydrogen) atoms. The van der Waals surface area contributed by atoms with Crippen LogP contribution in [0.1, 0.15) is 6.92 Å². The summed E-state index contributed by atoms with van der Waals surface area (Å²) in [5.74, 6) is -0.0418. The SMILES string of the molecule is C=CCOCC(O)C(C)[CH]CO. The minimum atomic E-state index is -0.544. The number of aliphatic hydroxyl groups is 2. The van der Waals surface area contributed by atoms with E-state index >= 15 is 0 Å². The van der Waals surface area contributed by atoms with Crippen molar-refractivity contribution in [3.05, 3.63) is 19.1 Å². The Bertz CT molecular complexity index is 114. The van der Waals surface area contributed by atoms with Crippen molar-refractivity contribution in [3.8, 4) is 0 Å². The molecule has 0 saturated carbocycles. The predicted octanol–water partition coefficient (Wildman–Crippen LogP) is 0.383. The van der Waals surface area contributed by atoms with Crippen molar-refractivity contribution in [1.29, 1.82) is 0 Å². The number of aliphatic hydroxyl groups excluding tert-OH is 2. The maximum absolute atomic E-state index is 9.37. The highest BCUT2D eigenvalue weighted by atomic mass is 16.5. The second kappa shape index (κ2) is 7.28. The molecule has 0 saturated heterocycles. The van der Waals surface area contributed by atoms with Crippen molar-refractivity contribution in [1.82, 2.24) is 0 Å². The Kier molecular flexibility index (Phi) is 7.05. The molecule has 0 heterocycles. The first kappa shape index (κ1) is 11.6. The maximum Gasteiger partial charge on any atom is 0.0802 e. The number of hydrogen-bond acceptors (Lipinski definition) is 3. The van der Waals surface area contributed by atoms with E-state index in [2.05, 4.69) is 6.58 Å². The van der Waals surface area contributed by atoms with Gasteiger partial charge >= 0.3 is 0 Å². The molecule has 2 unspecified atom stereocenters. The normalized spacial score (nSPS) is 15.6. The van der Waals surface area contributed by atoms with E-state index in [1.54, 1.807) is 12.5 Å². The lowest BCUT2D eigenvalue weighted by molar-refractivity contribution is 0.0240. The van der Waals surface area contributed by atoms with Crippen LogP contribution in [0.4, 0.5) is 0 Å². The Balaban J connectivity index is 3.41. The third-order valence-electron chi connectivity index (χ3n) is 1.61. The first-order chi connectivity index (χ1) is 5.72. The zero-order valence-electron chi connectivity index (χ0n) is 7.44. The second-order valence-electron chi connectivity index (χ2n) is 2.67. The quantitative estimate of drug-likeness (QED) is 0.432. The Morgan fingerprint density at radius 2 is 2.25 bits per heavy atom. The lowest BCUT2D eigenvalue weighted by Crippen LogP contribution is -2.24. The Labute approximate surface area is 73.7 Å². The van der Waals surface area contributed by atoms with Gasteiger partial charge in [-0.2, -0.15) is 0 Å². The molecule has 0 rings (SSSR count). The van der Waals surface area contributed by atoms with E-state index in [0.29, 0.717) is 6.61 Å². The fourth-order valence-corrected chi connectivity index (χ4v) is 0.747. The van der Waals surface area contributed by atoms with E-state index in [9.17, 15) is 5.11 Å². The van der Waals surface area contributed by atoms with Crippen molar-refractivity contribution in [2.75, 3.05) is 19.8 Å². The van der Waals surface area contributed by atoms with Crippen LogP contribution in [0.15, 0.2) is 12.7 Å². The third-order valence-corrected chi connectivity index (χ3v) is 1.61. The van der Waals surface area contributed by atoms with Crippen molar-refractivity contribution < 1.29 is 14.9 Å². The van der Waals surface area contributed by atoms with Crippen LogP contribution in [0.3, 0.4) is 0 Å². The summed E-state index contributed by atoms with van der Waals surface area (Å²) in [5.41, 5.74) is 0. The maximum atomic E-state index is 9.37. The molecule has 0 aliphatic rings.